The standard InChI is InChI=1S/C9H9N3/c10-8-4-2-1-3-7(8)9-11-5-6-12-9/h1-6H,10H2,(H,11,12). The van der Waals surface area contributed by atoms with E-state index >= 15 is 0 Å². The molecule has 0 spiro atoms. The van der Waals surface area contributed by atoms with E-state index in [1.54, 1.807) is 12.4 Å². The number of benzene rings is 1. The van der Waals surface area contributed by atoms with Crippen LogP contribution in [0.1, 0.15) is 0 Å². The molecule has 3 nitrogen and oxygen atoms in total. The lowest BCUT2D eigenvalue weighted by Crippen LogP contribution is -1.89. The predicted octanol–water partition coefficient (Wildman–Crippen LogP) is 1.66. The molecule has 0 bridgehead atoms. The van der Waals surface area contributed by atoms with Gasteiger partial charge < -0.3 is 10.7 Å². The zero-order valence-corrected chi connectivity index (χ0v) is 6.49. The second kappa shape index (κ2) is 2.70. The summed E-state index contributed by atoms with van der Waals surface area (Å²) in [5.74, 6) is 0.813. The van der Waals surface area contributed by atoms with Crippen molar-refractivity contribution in [1.82, 2.24) is 9.97 Å². The first-order valence-electron chi connectivity index (χ1n) is 3.72. The molecule has 0 fully saturated rings. The maximum Gasteiger partial charge on any atom is 0.139 e. The fraction of sp³-hybridized carbons (Fsp3) is 0. The number of anilines is 1. The minimum atomic E-state index is 0.743. The van der Waals surface area contributed by atoms with E-state index in [4.69, 9.17) is 5.73 Å². The Balaban J connectivity index is 2.55. The monoisotopic (exact) mass is 159 g/mol. The molecule has 0 aliphatic carbocycles. The molecule has 0 saturated heterocycles. The van der Waals surface area contributed by atoms with Gasteiger partial charge in [0.1, 0.15) is 5.82 Å². The highest BCUT2D eigenvalue weighted by Gasteiger charge is 2.01. The van der Waals surface area contributed by atoms with Crippen LogP contribution in [0.5, 0.6) is 0 Å². The Morgan fingerprint density at radius 2 is 2.08 bits per heavy atom. The Kier molecular flexibility index (Phi) is 1.55. The molecule has 1 aromatic heterocycles. The van der Waals surface area contributed by atoms with Crippen LogP contribution in [0.25, 0.3) is 11.4 Å². The third kappa shape index (κ3) is 1.05. The first-order chi connectivity index (χ1) is 5.88. The molecule has 3 heteroatoms. The van der Waals surface area contributed by atoms with Crippen molar-refractivity contribution in [2.75, 3.05) is 5.73 Å². The molecule has 3 N–H and O–H groups in total. The van der Waals surface area contributed by atoms with Crippen LogP contribution in [0.4, 0.5) is 5.69 Å². The molecule has 0 radical (unpaired) electrons. The van der Waals surface area contributed by atoms with Crippen molar-refractivity contribution >= 4 is 5.69 Å². The van der Waals surface area contributed by atoms with E-state index in [-0.39, 0.29) is 0 Å². The van der Waals surface area contributed by atoms with Gasteiger partial charge in [-0.3, -0.25) is 0 Å². The molecule has 1 heterocycles. The van der Waals surface area contributed by atoms with Crippen LogP contribution >= 0.6 is 0 Å². The summed E-state index contributed by atoms with van der Waals surface area (Å²) in [7, 11) is 0. The first kappa shape index (κ1) is 6.91. The van der Waals surface area contributed by atoms with Gasteiger partial charge in [-0.1, -0.05) is 12.1 Å². The highest BCUT2D eigenvalue weighted by atomic mass is 14.9. The lowest BCUT2D eigenvalue weighted by atomic mass is 10.2. The van der Waals surface area contributed by atoms with Gasteiger partial charge in [0.2, 0.25) is 0 Å². The Morgan fingerprint density at radius 1 is 1.25 bits per heavy atom. The van der Waals surface area contributed by atoms with Crippen LogP contribution in [-0.4, -0.2) is 9.97 Å². The zero-order valence-electron chi connectivity index (χ0n) is 6.49. The Morgan fingerprint density at radius 3 is 2.75 bits per heavy atom. The maximum absolute atomic E-state index is 5.75. The van der Waals surface area contributed by atoms with Crippen molar-refractivity contribution in [3.05, 3.63) is 36.7 Å². The number of hydrogen-bond donors (Lipinski definition) is 2. The van der Waals surface area contributed by atoms with Gasteiger partial charge in [-0.05, 0) is 12.1 Å². The Bertz CT molecular complexity index is 365. The van der Waals surface area contributed by atoms with Crippen molar-refractivity contribution in [3.63, 3.8) is 0 Å². The van der Waals surface area contributed by atoms with E-state index in [1.807, 2.05) is 24.3 Å². The lowest BCUT2D eigenvalue weighted by molar-refractivity contribution is 1.31. The molecule has 0 aliphatic rings. The van der Waals surface area contributed by atoms with Gasteiger partial charge in [0.05, 0.1) is 0 Å². The summed E-state index contributed by atoms with van der Waals surface area (Å²) in [6.45, 7) is 0. The summed E-state index contributed by atoms with van der Waals surface area (Å²) in [6, 6.07) is 7.64. The third-order valence-electron chi connectivity index (χ3n) is 1.71. The summed E-state index contributed by atoms with van der Waals surface area (Å²) in [5, 5.41) is 0. The van der Waals surface area contributed by atoms with E-state index in [2.05, 4.69) is 9.97 Å². The largest absolute Gasteiger partial charge is 0.398 e. The topological polar surface area (TPSA) is 54.7 Å². The summed E-state index contributed by atoms with van der Waals surface area (Å²) in [5.41, 5.74) is 7.44. The Labute approximate surface area is 70.3 Å². The van der Waals surface area contributed by atoms with Gasteiger partial charge in [0.25, 0.3) is 0 Å². The van der Waals surface area contributed by atoms with Crippen molar-refractivity contribution in [2.45, 2.75) is 0 Å². The van der Waals surface area contributed by atoms with Gasteiger partial charge in [0, 0.05) is 23.6 Å². The predicted molar refractivity (Wildman–Crippen MR) is 48.4 cm³/mol. The molecule has 0 unspecified atom stereocenters. The molecule has 0 aliphatic heterocycles. The second-order valence-corrected chi connectivity index (χ2v) is 2.53. The first-order valence-corrected chi connectivity index (χ1v) is 3.72. The number of rotatable bonds is 1. The number of nitrogens with one attached hydrogen (secondary N) is 1. The molecule has 0 amide bonds. The van der Waals surface area contributed by atoms with Crippen LogP contribution in [0.2, 0.25) is 0 Å². The zero-order chi connectivity index (χ0) is 8.39. The molecule has 2 rings (SSSR count). The number of aromatic nitrogens is 2. The number of nitrogens with zero attached hydrogens (tertiary/aromatic N) is 1. The van der Waals surface area contributed by atoms with Gasteiger partial charge in [0.15, 0.2) is 0 Å². The SMILES string of the molecule is Nc1ccccc1-c1ncc[nH]1. The number of nitrogens with two attached hydrogens (primary N) is 1. The van der Waals surface area contributed by atoms with E-state index in [0.29, 0.717) is 0 Å². The highest BCUT2D eigenvalue weighted by molar-refractivity contribution is 5.70. The molecular weight excluding hydrogens is 150 g/mol. The molecule has 0 atom stereocenters. The summed E-state index contributed by atoms with van der Waals surface area (Å²) < 4.78 is 0. The normalized spacial score (nSPS) is 10.0. The Hall–Kier alpha value is -1.77. The van der Waals surface area contributed by atoms with Crippen LogP contribution in [0.15, 0.2) is 36.7 Å². The third-order valence-corrected chi connectivity index (χ3v) is 1.71. The number of para-hydroxylation sites is 1. The van der Waals surface area contributed by atoms with Gasteiger partial charge >= 0.3 is 0 Å². The molecule has 12 heavy (non-hydrogen) atoms. The molecule has 60 valence electrons. The quantitative estimate of drug-likeness (QED) is 0.622. The minimum Gasteiger partial charge on any atom is -0.398 e. The average Bonchev–Trinajstić information content (AvgIpc) is 2.57. The molecular formula is C9H9N3. The second-order valence-electron chi connectivity index (χ2n) is 2.53. The maximum atomic E-state index is 5.75. The summed E-state index contributed by atoms with van der Waals surface area (Å²) >= 11 is 0. The van der Waals surface area contributed by atoms with Crippen LogP contribution in [0, 0.1) is 0 Å². The van der Waals surface area contributed by atoms with E-state index < -0.39 is 0 Å². The lowest BCUT2D eigenvalue weighted by Gasteiger charge is -1.99. The van der Waals surface area contributed by atoms with Crippen molar-refractivity contribution in [1.29, 1.82) is 0 Å². The summed E-state index contributed by atoms with van der Waals surface area (Å²) in [6.07, 6.45) is 3.49. The van der Waals surface area contributed by atoms with Crippen LogP contribution < -0.4 is 5.73 Å². The number of hydrogen-bond acceptors (Lipinski definition) is 2. The minimum absolute atomic E-state index is 0.743. The van der Waals surface area contributed by atoms with Crippen LogP contribution in [-0.2, 0) is 0 Å². The van der Waals surface area contributed by atoms with Crippen molar-refractivity contribution in [2.24, 2.45) is 0 Å². The molecule has 2 aromatic rings. The fourth-order valence-electron chi connectivity index (χ4n) is 1.13. The van der Waals surface area contributed by atoms with Crippen LogP contribution in [0.3, 0.4) is 0 Å². The van der Waals surface area contributed by atoms with E-state index in [0.717, 1.165) is 17.1 Å². The average molecular weight is 159 g/mol. The number of nitrogen functional groups attached to an aromatic ring is 1. The van der Waals surface area contributed by atoms with Gasteiger partial charge in [-0.2, -0.15) is 0 Å². The number of aromatic amines is 1. The molecule has 0 saturated carbocycles. The van der Waals surface area contributed by atoms with E-state index in [1.165, 1.54) is 0 Å². The fourth-order valence-corrected chi connectivity index (χ4v) is 1.13. The summed E-state index contributed by atoms with van der Waals surface area (Å²) in [4.78, 5) is 7.11. The molecule has 1 aromatic carbocycles. The smallest absolute Gasteiger partial charge is 0.139 e. The van der Waals surface area contributed by atoms with Crippen molar-refractivity contribution in [3.8, 4) is 11.4 Å². The number of H-pyrrole nitrogens is 1. The van der Waals surface area contributed by atoms with Crippen molar-refractivity contribution < 1.29 is 0 Å². The number of imidazole rings is 1. The highest BCUT2D eigenvalue weighted by Crippen LogP contribution is 2.20. The van der Waals surface area contributed by atoms with Gasteiger partial charge in [-0.15, -0.1) is 0 Å². The van der Waals surface area contributed by atoms with Gasteiger partial charge in [-0.25, -0.2) is 4.98 Å². The van der Waals surface area contributed by atoms with E-state index in [9.17, 15) is 0 Å².